The SMILES string of the molecule is C=C[C@H]1CN(c2ncc(C(=O)Nc3nc(-c4cccc(C(F)(F)F)c4F)cs3)cc2Cl)CC[C@H]1CC(=O)O. The van der Waals surface area contributed by atoms with Crippen molar-refractivity contribution in [2.45, 2.75) is 19.0 Å². The van der Waals surface area contributed by atoms with Gasteiger partial charge in [0.2, 0.25) is 0 Å². The first kappa shape index (κ1) is 27.5. The summed E-state index contributed by atoms with van der Waals surface area (Å²) in [4.78, 5) is 34.2. The van der Waals surface area contributed by atoms with Gasteiger partial charge in [-0.1, -0.05) is 23.7 Å². The number of benzene rings is 1. The van der Waals surface area contributed by atoms with Gasteiger partial charge in [-0.15, -0.1) is 17.9 Å². The number of amides is 1. The minimum Gasteiger partial charge on any atom is -0.481 e. The second-order valence-electron chi connectivity index (χ2n) is 8.68. The largest absolute Gasteiger partial charge is 0.481 e. The number of carboxylic acid groups (broad SMARTS) is 1. The van der Waals surface area contributed by atoms with Crippen LogP contribution in [0.2, 0.25) is 5.02 Å². The van der Waals surface area contributed by atoms with E-state index in [4.69, 9.17) is 16.7 Å². The number of halogens is 5. The molecule has 13 heteroatoms. The Labute approximate surface area is 223 Å². The molecular weight excluding hydrogens is 548 g/mol. The molecule has 1 fully saturated rings. The molecule has 1 saturated heterocycles. The maximum absolute atomic E-state index is 14.4. The van der Waals surface area contributed by atoms with Crippen LogP contribution < -0.4 is 10.2 Å². The Morgan fingerprint density at radius 3 is 2.76 bits per heavy atom. The third kappa shape index (κ3) is 5.97. The molecule has 0 spiro atoms. The van der Waals surface area contributed by atoms with Crippen LogP contribution in [0.25, 0.3) is 11.3 Å². The fraction of sp³-hybridized carbons (Fsp3) is 0.280. The molecule has 1 aromatic carbocycles. The number of hydrogen-bond acceptors (Lipinski definition) is 6. The Bertz CT molecular complexity index is 1380. The molecule has 200 valence electrons. The van der Waals surface area contributed by atoms with E-state index in [-0.39, 0.29) is 45.2 Å². The highest BCUT2D eigenvalue weighted by atomic mass is 35.5. The molecule has 2 N–H and O–H groups in total. The van der Waals surface area contributed by atoms with Crippen LogP contribution in [0, 0.1) is 17.7 Å². The number of aliphatic carboxylic acids is 1. The number of pyridine rings is 1. The summed E-state index contributed by atoms with van der Waals surface area (Å²) in [6.07, 6.45) is -1.15. The molecule has 0 bridgehead atoms. The number of aromatic nitrogens is 2. The van der Waals surface area contributed by atoms with E-state index in [9.17, 15) is 27.2 Å². The summed E-state index contributed by atoms with van der Waals surface area (Å²) in [5.74, 6) is -2.59. The number of carbonyl (C=O) groups is 2. The molecule has 2 aromatic heterocycles. The summed E-state index contributed by atoms with van der Waals surface area (Å²) in [5.41, 5.74) is -1.68. The lowest BCUT2D eigenvalue weighted by molar-refractivity contribution is -0.140. The van der Waals surface area contributed by atoms with Crippen LogP contribution in [-0.4, -0.2) is 40.0 Å². The van der Waals surface area contributed by atoms with Crippen LogP contribution in [0.5, 0.6) is 0 Å². The molecule has 38 heavy (non-hydrogen) atoms. The molecule has 1 amide bonds. The number of hydrogen-bond donors (Lipinski definition) is 2. The Balaban J connectivity index is 1.46. The van der Waals surface area contributed by atoms with E-state index < -0.39 is 29.4 Å². The van der Waals surface area contributed by atoms with Gasteiger partial charge in [0.05, 0.1) is 21.8 Å². The standard InChI is InChI=1S/C25H21ClF4N4O3S/c1-2-13-11-34(7-6-14(13)9-20(35)36)22-18(26)8-15(10-31-22)23(37)33-24-32-19(12-38-24)16-4-3-5-17(21(16)27)25(28,29)30/h2-5,8,10,12-14H,1,6-7,9,11H2,(H,35,36)(H,32,33,37)/t13-,14-/m0/s1. The van der Waals surface area contributed by atoms with Crippen molar-refractivity contribution in [1.82, 2.24) is 9.97 Å². The van der Waals surface area contributed by atoms with E-state index >= 15 is 0 Å². The van der Waals surface area contributed by atoms with Crippen molar-refractivity contribution in [2.24, 2.45) is 11.8 Å². The van der Waals surface area contributed by atoms with E-state index in [0.29, 0.717) is 31.4 Å². The zero-order chi connectivity index (χ0) is 27.6. The highest BCUT2D eigenvalue weighted by Gasteiger charge is 2.35. The number of anilines is 2. The Morgan fingerprint density at radius 1 is 1.34 bits per heavy atom. The number of nitrogens with zero attached hydrogens (tertiary/aromatic N) is 3. The third-order valence-corrected chi connectivity index (χ3v) is 7.27. The summed E-state index contributed by atoms with van der Waals surface area (Å²) in [6, 6.07) is 4.32. The van der Waals surface area contributed by atoms with Crippen LogP contribution >= 0.6 is 22.9 Å². The molecule has 0 saturated carbocycles. The van der Waals surface area contributed by atoms with Crippen LogP contribution in [0.4, 0.5) is 28.5 Å². The fourth-order valence-electron chi connectivity index (χ4n) is 4.33. The number of carbonyl (C=O) groups excluding carboxylic acids is 1. The zero-order valence-corrected chi connectivity index (χ0v) is 21.2. The Hall–Kier alpha value is -3.51. The molecule has 3 aromatic rings. The van der Waals surface area contributed by atoms with Gasteiger partial charge in [-0.3, -0.25) is 14.9 Å². The normalized spacial score (nSPS) is 17.8. The second-order valence-corrected chi connectivity index (χ2v) is 9.94. The number of thiazole rings is 1. The van der Waals surface area contributed by atoms with Gasteiger partial charge in [-0.05, 0) is 36.5 Å². The molecule has 3 heterocycles. The summed E-state index contributed by atoms with van der Waals surface area (Å²) in [5, 5.41) is 13.3. The Morgan fingerprint density at radius 2 is 2.11 bits per heavy atom. The van der Waals surface area contributed by atoms with Gasteiger partial charge in [-0.2, -0.15) is 13.2 Å². The molecular formula is C25H21ClF4N4O3S. The monoisotopic (exact) mass is 568 g/mol. The first-order valence-electron chi connectivity index (χ1n) is 11.4. The summed E-state index contributed by atoms with van der Waals surface area (Å²) in [6.45, 7) is 4.82. The van der Waals surface area contributed by atoms with Crippen molar-refractivity contribution < 1.29 is 32.3 Å². The van der Waals surface area contributed by atoms with Crippen molar-refractivity contribution >= 4 is 45.8 Å². The van der Waals surface area contributed by atoms with Crippen LogP contribution in [0.3, 0.4) is 0 Å². The van der Waals surface area contributed by atoms with Gasteiger partial charge in [0, 0.05) is 36.7 Å². The van der Waals surface area contributed by atoms with Gasteiger partial charge >= 0.3 is 12.1 Å². The predicted molar refractivity (Wildman–Crippen MR) is 136 cm³/mol. The fourth-order valence-corrected chi connectivity index (χ4v) is 5.32. The highest BCUT2D eigenvalue weighted by molar-refractivity contribution is 7.14. The van der Waals surface area contributed by atoms with Crippen molar-refractivity contribution in [3.8, 4) is 11.3 Å². The maximum atomic E-state index is 14.4. The first-order valence-corrected chi connectivity index (χ1v) is 12.6. The van der Waals surface area contributed by atoms with Gasteiger partial charge in [0.15, 0.2) is 5.13 Å². The Kier molecular flexibility index (Phi) is 8.02. The predicted octanol–water partition coefficient (Wildman–Crippen LogP) is 6.37. The average Bonchev–Trinajstić information content (AvgIpc) is 3.31. The number of rotatable bonds is 7. The summed E-state index contributed by atoms with van der Waals surface area (Å²) < 4.78 is 53.5. The summed E-state index contributed by atoms with van der Waals surface area (Å²) >= 11 is 7.35. The van der Waals surface area contributed by atoms with Crippen molar-refractivity contribution in [1.29, 1.82) is 0 Å². The minimum atomic E-state index is -4.85. The lowest BCUT2D eigenvalue weighted by Crippen LogP contribution is -2.41. The molecule has 4 rings (SSSR count). The van der Waals surface area contributed by atoms with Crippen molar-refractivity contribution in [3.05, 3.63) is 70.5 Å². The quantitative estimate of drug-likeness (QED) is 0.254. The molecule has 2 atom stereocenters. The first-order chi connectivity index (χ1) is 18.0. The lowest BCUT2D eigenvalue weighted by atomic mass is 9.83. The number of piperidine rings is 1. The van der Waals surface area contributed by atoms with Gasteiger partial charge in [0.25, 0.3) is 5.91 Å². The van der Waals surface area contributed by atoms with E-state index in [0.717, 1.165) is 17.4 Å². The number of carboxylic acids is 1. The summed E-state index contributed by atoms with van der Waals surface area (Å²) in [7, 11) is 0. The second kappa shape index (κ2) is 11.1. The lowest BCUT2D eigenvalue weighted by Gasteiger charge is -2.37. The van der Waals surface area contributed by atoms with Gasteiger partial charge < -0.3 is 10.0 Å². The van der Waals surface area contributed by atoms with E-state index in [1.54, 1.807) is 6.08 Å². The van der Waals surface area contributed by atoms with Crippen molar-refractivity contribution in [2.75, 3.05) is 23.3 Å². The van der Waals surface area contributed by atoms with Gasteiger partial charge in [-0.25, -0.2) is 14.4 Å². The molecule has 1 aliphatic rings. The molecule has 1 aliphatic heterocycles. The maximum Gasteiger partial charge on any atom is 0.419 e. The van der Waals surface area contributed by atoms with Crippen LogP contribution in [0.15, 0.2) is 48.5 Å². The van der Waals surface area contributed by atoms with E-state index in [1.807, 2.05) is 4.90 Å². The molecule has 0 radical (unpaired) electrons. The number of nitrogens with one attached hydrogen (secondary N) is 1. The van der Waals surface area contributed by atoms with Crippen molar-refractivity contribution in [3.63, 3.8) is 0 Å². The van der Waals surface area contributed by atoms with E-state index in [1.165, 1.54) is 23.7 Å². The van der Waals surface area contributed by atoms with Crippen LogP contribution in [0.1, 0.15) is 28.8 Å². The number of alkyl halides is 3. The third-order valence-electron chi connectivity index (χ3n) is 6.23. The molecule has 0 unspecified atom stereocenters. The highest BCUT2D eigenvalue weighted by Crippen LogP contribution is 2.37. The van der Waals surface area contributed by atoms with Crippen LogP contribution in [-0.2, 0) is 11.0 Å². The smallest absolute Gasteiger partial charge is 0.419 e. The zero-order valence-electron chi connectivity index (χ0n) is 19.6. The average molecular weight is 569 g/mol. The minimum absolute atomic E-state index is 0.0438. The topological polar surface area (TPSA) is 95.4 Å². The van der Waals surface area contributed by atoms with E-state index in [2.05, 4.69) is 21.9 Å². The van der Waals surface area contributed by atoms with Gasteiger partial charge in [0.1, 0.15) is 11.6 Å². The molecule has 0 aliphatic carbocycles. The molecule has 7 nitrogen and oxygen atoms in total.